The predicted octanol–water partition coefficient (Wildman–Crippen LogP) is -0.0242. The minimum atomic E-state index is -0.771. The Labute approximate surface area is 75.8 Å². The summed E-state index contributed by atoms with van der Waals surface area (Å²) in [5.41, 5.74) is 0. The van der Waals surface area contributed by atoms with E-state index in [-0.39, 0.29) is 0 Å². The fourth-order valence-corrected chi connectivity index (χ4v) is 1.16. The first-order valence-corrected chi connectivity index (χ1v) is 4.01. The second kappa shape index (κ2) is 3.11. The smallest absolute Gasteiger partial charge is 0.228 e. The van der Waals surface area contributed by atoms with Crippen molar-refractivity contribution in [2.75, 3.05) is 0 Å². The molecule has 1 aromatic rings. The third kappa shape index (κ3) is 1.38. The Morgan fingerprint density at radius 2 is 1.77 bits per heavy atom. The van der Waals surface area contributed by atoms with E-state index in [4.69, 9.17) is 0 Å². The average molecular weight is 173 g/mol. The second-order valence-corrected chi connectivity index (χ2v) is 2.75. The highest BCUT2D eigenvalue weighted by Gasteiger charge is 2.18. The third-order valence-electron chi connectivity index (χ3n) is 1.84. The van der Waals surface area contributed by atoms with E-state index in [0.717, 1.165) is 10.7 Å². The molecule has 0 aromatic heterocycles. The molecule has 1 aliphatic heterocycles. The summed E-state index contributed by atoms with van der Waals surface area (Å²) in [6, 6.07) is 7.51. The number of aliphatic hydroxyl groups is 1. The first-order valence-electron chi connectivity index (χ1n) is 4.01. The number of nitrogens with zero attached hydrogens (tertiary/aromatic N) is 2. The quantitative estimate of drug-likeness (QED) is 0.627. The number of rotatable bonds is 2. The molecule has 1 aromatic carbocycles. The van der Waals surface area contributed by atoms with Gasteiger partial charge in [-0.25, -0.2) is 9.98 Å². The van der Waals surface area contributed by atoms with E-state index in [1.807, 2.05) is 24.3 Å². The van der Waals surface area contributed by atoms with Crippen molar-refractivity contribution in [3.63, 3.8) is 0 Å². The van der Waals surface area contributed by atoms with E-state index in [9.17, 15) is 5.11 Å². The number of fused-ring (bicyclic) bond motifs is 1. The number of aliphatic hydroxyl groups excluding tert-OH is 1. The largest absolute Gasteiger partial charge is 0.384 e. The van der Waals surface area contributed by atoms with Gasteiger partial charge in [0.05, 0.1) is 10.7 Å². The summed E-state index contributed by atoms with van der Waals surface area (Å²) in [4.78, 5) is 8.30. The van der Waals surface area contributed by atoms with Crippen molar-refractivity contribution in [2.45, 2.75) is 6.10 Å². The zero-order valence-electron chi connectivity index (χ0n) is 7.01. The lowest BCUT2D eigenvalue weighted by atomic mass is 10.3. The summed E-state index contributed by atoms with van der Waals surface area (Å²) >= 11 is 0. The van der Waals surface area contributed by atoms with Crippen LogP contribution in [0.5, 0.6) is 0 Å². The van der Waals surface area contributed by atoms with Gasteiger partial charge in [0.1, 0.15) is 6.10 Å². The Hall–Kier alpha value is -1.48. The monoisotopic (exact) mass is 173 g/mol. The van der Waals surface area contributed by atoms with E-state index in [0.29, 0.717) is 6.17 Å². The van der Waals surface area contributed by atoms with Crippen LogP contribution in [-0.2, 0) is 0 Å². The van der Waals surface area contributed by atoms with Crippen LogP contribution in [0.3, 0.4) is 0 Å². The molecule has 1 heterocycles. The van der Waals surface area contributed by atoms with Gasteiger partial charge in [-0.05, 0) is 12.1 Å². The molecule has 0 fully saturated rings. The number of hydrogen-bond acceptors (Lipinski definition) is 3. The van der Waals surface area contributed by atoms with Crippen molar-refractivity contribution >= 4 is 0 Å². The van der Waals surface area contributed by atoms with Gasteiger partial charge in [-0.2, -0.15) is 0 Å². The summed E-state index contributed by atoms with van der Waals surface area (Å²) in [6.45, 7) is 3.48. The van der Waals surface area contributed by atoms with Crippen LogP contribution in [-0.4, -0.2) is 11.2 Å². The standard InChI is InChI=1S/C10H9N2O/c1-2-9(13)10-11-7-5-3-4-6-8(7)12-10/h2-6,9,13H,1H2. The van der Waals surface area contributed by atoms with E-state index in [1.54, 1.807) is 0 Å². The first kappa shape index (κ1) is 8.13. The molecule has 0 bridgehead atoms. The van der Waals surface area contributed by atoms with Crippen molar-refractivity contribution in [1.29, 1.82) is 0 Å². The fraction of sp³-hybridized carbons (Fsp3) is 0.100. The molecule has 3 nitrogen and oxygen atoms in total. The number of para-hydroxylation sites is 2. The van der Waals surface area contributed by atoms with Crippen molar-refractivity contribution < 1.29 is 5.11 Å². The van der Waals surface area contributed by atoms with Crippen LogP contribution in [0.1, 0.15) is 0 Å². The third-order valence-corrected chi connectivity index (χ3v) is 1.84. The van der Waals surface area contributed by atoms with Crippen molar-refractivity contribution in [1.82, 2.24) is 0 Å². The lowest BCUT2D eigenvalue weighted by molar-refractivity contribution is 0.232. The van der Waals surface area contributed by atoms with Crippen molar-refractivity contribution in [3.05, 3.63) is 53.8 Å². The van der Waals surface area contributed by atoms with E-state index < -0.39 is 6.10 Å². The molecule has 13 heavy (non-hydrogen) atoms. The molecule has 0 spiro atoms. The fourth-order valence-electron chi connectivity index (χ4n) is 1.16. The van der Waals surface area contributed by atoms with Crippen LogP contribution in [0.15, 0.2) is 46.9 Å². The van der Waals surface area contributed by atoms with Crippen LogP contribution in [0.25, 0.3) is 0 Å². The Kier molecular flexibility index (Phi) is 1.94. The Morgan fingerprint density at radius 1 is 1.23 bits per heavy atom. The number of hydrogen-bond donors (Lipinski definition) is 1. The van der Waals surface area contributed by atoms with Crippen molar-refractivity contribution in [2.24, 2.45) is 9.98 Å². The Bertz CT molecular complexity index is 403. The molecule has 0 saturated heterocycles. The van der Waals surface area contributed by atoms with Crippen molar-refractivity contribution in [3.8, 4) is 0 Å². The minimum Gasteiger partial charge on any atom is -0.384 e. The van der Waals surface area contributed by atoms with Gasteiger partial charge in [-0.15, -0.1) is 6.58 Å². The number of benzene rings is 1. The molecular weight excluding hydrogens is 164 g/mol. The summed E-state index contributed by atoms with van der Waals surface area (Å²) in [6.07, 6.45) is 1.05. The summed E-state index contributed by atoms with van der Waals surface area (Å²) < 4.78 is 0. The minimum absolute atomic E-state index is 0.413. The Balaban J connectivity index is 2.46. The zero-order chi connectivity index (χ0) is 9.26. The molecule has 3 heteroatoms. The van der Waals surface area contributed by atoms with E-state index in [1.165, 1.54) is 6.08 Å². The second-order valence-electron chi connectivity index (χ2n) is 2.75. The van der Waals surface area contributed by atoms with Gasteiger partial charge in [0.25, 0.3) is 0 Å². The first-order chi connectivity index (χ1) is 6.31. The maximum atomic E-state index is 9.39. The summed E-state index contributed by atoms with van der Waals surface area (Å²) in [5.74, 6) is 0. The zero-order valence-corrected chi connectivity index (χ0v) is 7.01. The van der Waals surface area contributed by atoms with Gasteiger partial charge < -0.3 is 5.11 Å². The predicted molar refractivity (Wildman–Crippen MR) is 48.2 cm³/mol. The molecule has 1 aliphatic rings. The molecule has 1 atom stereocenters. The van der Waals surface area contributed by atoms with Gasteiger partial charge in [-0.3, -0.25) is 0 Å². The van der Waals surface area contributed by atoms with E-state index >= 15 is 0 Å². The highest BCUT2D eigenvalue weighted by molar-refractivity contribution is 5.12. The average Bonchev–Trinajstić information content (AvgIpc) is 2.59. The molecule has 1 unspecified atom stereocenters. The highest BCUT2D eigenvalue weighted by Crippen LogP contribution is 2.11. The summed E-state index contributed by atoms with van der Waals surface area (Å²) in [7, 11) is 0. The molecular formula is C10H9N2O. The molecule has 1 N–H and O–H groups in total. The molecule has 0 saturated carbocycles. The highest BCUT2D eigenvalue weighted by atomic mass is 16.3. The Morgan fingerprint density at radius 3 is 2.23 bits per heavy atom. The topological polar surface area (TPSA) is 45.0 Å². The van der Waals surface area contributed by atoms with Crippen LogP contribution in [0.2, 0.25) is 0 Å². The SMILES string of the molecule is C=CC(O)[C]1N=c2ccccc2=N1. The molecule has 0 amide bonds. The molecule has 2 rings (SSSR count). The molecule has 1 radical (unpaired) electrons. The van der Waals surface area contributed by atoms with Crippen LogP contribution >= 0.6 is 0 Å². The molecule has 0 aliphatic carbocycles. The van der Waals surface area contributed by atoms with Gasteiger partial charge in [0, 0.05) is 0 Å². The summed E-state index contributed by atoms with van der Waals surface area (Å²) in [5, 5.41) is 11.0. The lowest BCUT2D eigenvalue weighted by Gasteiger charge is -2.04. The van der Waals surface area contributed by atoms with E-state index in [2.05, 4.69) is 16.6 Å². The van der Waals surface area contributed by atoms with Crippen LogP contribution in [0, 0.1) is 6.17 Å². The molecule has 65 valence electrons. The van der Waals surface area contributed by atoms with Gasteiger partial charge in [-0.1, -0.05) is 18.2 Å². The maximum absolute atomic E-state index is 9.39. The lowest BCUT2D eigenvalue weighted by Crippen LogP contribution is -2.19. The van der Waals surface area contributed by atoms with Gasteiger partial charge in [0.15, 0.2) is 0 Å². The normalized spacial score (nSPS) is 17.0. The van der Waals surface area contributed by atoms with Crippen LogP contribution in [0.4, 0.5) is 0 Å². The van der Waals surface area contributed by atoms with Gasteiger partial charge in [0.2, 0.25) is 6.17 Å². The maximum Gasteiger partial charge on any atom is 0.228 e. The van der Waals surface area contributed by atoms with Crippen LogP contribution < -0.4 is 10.7 Å². The van der Waals surface area contributed by atoms with Gasteiger partial charge >= 0.3 is 0 Å².